The Labute approximate surface area is 144 Å². The number of ether oxygens (including phenoxy) is 1. The van der Waals surface area contributed by atoms with Crippen molar-refractivity contribution in [3.05, 3.63) is 64.0 Å². The Balaban J connectivity index is 1.90. The van der Waals surface area contributed by atoms with E-state index in [1.54, 1.807) is 24.3 Å². The van der Waals surface area contributed by atoms with Gasteiger partial charge >= 0.3 is 6.61 Å². The zero-order chi connectivity index (χ0) is 16.8. The molecule has 4 nitrogen and oxygen atoms in total. The van der Waals surface area contributed by atoms with Gasteiger partial charge in [-0.2, -0.15) is 8.78 Å². The van der Waals surface area contributed by atoms with Crippen LogP contribution in [-0.4, -0.2) is 21.8 Å². The molecule has 24 heavy (non-hydrogen) atoms. The lowest BCUT2D eigenvalue weighted by atomic mass is 9.95. The van der Waals surface area contributed by atoms with Crippen LogP contribution in [0.15, 0.2) is 47.1 Å². The maximum atomic E-state index is 12.7. The molecule has 0 bridgehead atoms. The first-order valence-corrected chi connectivity index (χ1v) is 8.08. The number of benzene rings is 1. The lowest BCUT2D eigenvalue weighted by Crippen LogP contribution is -2.08. The second-order valence-electron chi connectivity index (χ2n) is 5.52. The summed E-state index contributed by atoms with van der Waals surface area (Å²) in [6.07, 6.45) is 2.01. The summed E-state index contributed by atoms with van der Waals surface area (Å²) in [6.45, 7) is -2.92. The van der Waals surface area contributed by atoms with Crippen molar-refractivity contribution < 1.29 is 18.3 Å². The van der Waals surface area contributed by atoms with Gasteiger partial charge in [0.1, 0.15) is 17.1 Å². The van der Waals surface area contributed by atoms with Crippen molar-refractivity contribution in [3.63, 3.8) is 0 Å². The molecule has 1 aliphatic carbocycles. The predicted molar refractivity (Wildman–Crippen MR) is 86.8 cm³/mol. The third-order valence-corrected chi connectivity index (χ3v) is 4.58. The number of Topliss-reactive ketones (excluding diaryl/α,β-unsaturated/α-hetero) is 1. The van der Waals surface area contributed by atoms with Crippen LogP contribution in [-0.2, 0) is 0 Å². The van der Waals surface area contributed by atoms with E-state index in [0.717, 1.165) is 4.47 Å². The van der Waals surface area contributed by atoms with Gasteiger partial charge in [-0.05, 0) is 34.1 Å². The molecule has 2 heterocycles. The van der Waals surface area contributed by atoms with Crippen LogP contribution in [0.2, 0.25) is 0 Å². The Morgan fingerprint density at radius 1 is 1.25 bits per heavy atom. The van der Waals surface area contributed by atoms with Gasteiger partial charge in [0.15, 0.2) is 5.78 Å². The van der Waals surface area contributed by atoms with Crippen molar-refractivity contribution in [1.82, 2.24) is 9.38 Å². The van der Waals surface area contributed by atoms with Gasteiger partial charge in [0.25, 0.3) is 0 Å². The summed E-state index contributed by atoms with van der Waals surface area (Å²) in [7, 11) is 0. The van der Waals surface area contributed by atoms with Gasteiger partial charge in [0.05, 0.1) is 5.69 Å². The quantitative estimate of drug-likeness (QED) is 0.662. The van der Waals surface area contributed by atoms with E-state index >= 15 is 0 Å². The molecule has 0 saturated carbocycles. The molecule has 1 aromatic carbocycles. The molecule has 2 aromatic heterocycles. The Hall–Kier alpha value is -2.28. The molecule has 0 aliphatic heterocycles. The second kappa shape index (κ2) is 5.66. The van der Waals surface area contributed by atoms with E-state index in [1.165, 1.54) is 6.07 Å². The molecule has 1 atom stereocenters. The molecule has 0 saturated heterocycles. The third-order valence-electron chi connectivity index (χ3n) is 4.11. The van der Waals surface area contributed by atoms with E-state index < -0.39 is 6.61 Å². The molecule has 0 fully saturated rings. The van der Waals surface area contributed by atoms with Crippen LogP contribution in [0.1, 0.15) is 34.1 Å². The number of halogens is 3. The highest BCUT2D eigenvalue weighted by molar-refractivity contribution is 9.10. The Bertz CT molecular complexity index is 955. The van der Waals surface area contributed by atoms with Gasteiger partial charge in [-0.1, -0.05) is 18.2 Å². The Morgan fingerprint density at radius 3 is 2.83 bits per heavy atom. The minimum absolute atomic E-state index is 0.0862. The number of aromatic nitrogens is 2. The van der Waals surface area contributed by atoms with Gasteiger partial charge < -0.3 is 9.14 Å². The SMILES string of the molecule is O=C1C[C@@H](c2ccccc2OC(F)F)c2c1nc1ccc(Br)cn21. The van der Waals surface area contributed by atoms with Gasteiger partial charge in [-0.15, -0.1) is 0 Å². The molecule has 0 unspecified atom stereocenters. The van der Waals surface area contributed by atoms with Crippen molar-refractivity contribution in [3.8, 4) is 5.75 Å². The lowest BCUT2D eigenvalue weighted by molar-refractivity contribution is -0.0505. The van der Waals surface area contributed by atoms with Gasteiger partial charge in [0, 0.05) is 28.6 Å². The zero-order valence-electron chi connectivity index (χ0n) is 12.2. The van der Waals surface area contributed by atoms with Crippen LogP contribution in [0, 0.1) is 0 Å². The average molecular weight is 393 g/mol. The number of alkyl halides is 2. The Kier molecular flexibility index (Phi) is 3.60. The summed E-state index contributed by atoms with van der Waals surface area (Å²) in [6, 6.07) is 10.2. The van der Waals surface area contributed by atoms with Crippen molar-refractivity contribution in [2.45, 2.75) is 19.0 Å². The first-order valence-electron chi connectivity index (χ1n) is 7.29. The maximum Gasteiger partial charge on any atom is 0.387 e. The summed E-state index contributed by atoms with van der Waals surface area (Å²) in [5.41, 5.74) is 2.31. The summed E-state index contributed by atoms with van der Waals surface area (Å²) >= 11 is 3.41. The highest BCUT2D eigenvalue weighted by atomic mass is 79.9. The zero-order valence-corrected chi connectivity index (χ0v) is 13.8. The molecule has 0 spiro atoms. The van der Waals surface area contributed by atoms with Gasteiger partial charge in [-0.3, -0.25) is 4.79 Å². The topological polar surface area (TPSA) is 43.6 Å². The van der Waals surface area contributed by atoms with E-state index in [0.29, 0.717) is 22.6 Å². The van der Waals surface area contributed by atoms with Crippen LogP contribution in [0.25, 0.3) is 5.65 Å². The van der Waals surface area contributed by atoms with E-state index in [4.69, 9.17) is 0 Å². The van der Waals surface area contributed by atoms with Crippen LogP contribution < -0.4 is 4.74 Å². The maximum absolute atomic E-state index is 12.7. The van der Waals surface area contributed by atoms with Crippen molar-refractivity contribution in [2.24, 2.45) is 0 Å². The minimum Gasteiger partial charge on any atom is -0.435 e. The number of nitrogens with zero attached hydrogens (tertiary/aromatic N) is 2. The normalized spacial score (nSPS) is 16.8. The Morgan fingerprint density at radius 2 is 2.04 bits per heavy atom. The highest BCUT2D eigenvalue weighted by Crippen LogP contribution is 2.42. The van der Waals surface area contributed by atoms with Crippen LogP contribution in [0.5, 0.6) is 5.75 Å². The first-order chi connectivity index (χ1) is 11.5. The number of para-hydroxylation sites is 1. The van der Waals surface area contributed by atoms with Crippen LogP contribution in [0.4, 0.5) is 8.78 Å². The summed E-state index contributed by atoms with van der Waals surface area (Å²) in [5, 5.41) is 0. The number of pyridine rings is 1. The van der Waals surface area contributed by atoms with Crippen molar-refractivity contribution in [2.75, 3.05) is 0 Å². The molecule has 0 N–H and O–H groups in total. The van der Waals surface area contributed by atoms with Crippen molar-refractivity contribution >= 4 is 27.4 Å². The molecule has 122 valence electrons. The number of carbonyl (C=O) groups is 1. The van der Waals surface area contributed by atoms with Crippen molar-refractivity contribution in [1.29, 1.82) is 0 Å². The summed E-state index contributed by atoms with van der Waals surface area (Å²) in [4.78, 5) is 16.7. The number of carbonyl (C=O) groups excluding carboxylic acids is 1. The smallest absolute Gasteiger partial charge is 0.387 e. The summed E-state index contributed by atoms with van der Waals surface area (Å²) in [5.74, 6) is -0.378. The number of ketones is 1. The first kappa shape index (κ1) is 15.3. The fraction of sp³-hybridized carbons (Fsp3) is 0.176. The fourth-order valence-electron chi connectivity index (χ4n) is 3.18. The van der Waals surface area contributed by atoms with Gasteiger partial charge in [0.2, 0.25) is 0 Å². The third kappa shape index (κ3) is 2.39. The molecule has 7 heteroatoms. The minimum atomic E-state index is -2.92. The lowest BCUT2D eigenvalue weighted by Gasteiger charge is -2.16. The molecule has 0 radical (unpaired) electrons. The van der Waals surface area contributed by atoms with Crippen LogP contribution in [0.3, 0.4) is 0 Å². The molecule has 1 aliphatic rings. The predicted octanol–water partition coefficient (Wildman–Crippen LogP) is 4.42. The van der Waals surface area contributed by atoms with E-state index in [-0.39, 0.29) is 23.9 Å². The molecular formula is C17H11BrF2N2O2. The highest BCUT2D eigenvalue weighted by Gasteiger charge is 2.37. The number of fused-ring (bicyclic) bond motifs is 3. The number of hydrogen-bond donors (Lipinski definition) is 0. The summed E-state index contributed by atoms with van der Waals surface area (Å²) < 4.78 is 32.7. The molecule has 3 aromatic rings. The number of hydrogen-bond acceptors (Lipinski definition) is 3. The molecule has 4 rings (SSSR count). The molecular weight excluding hydrogens is 382 g/mol. The molecule has 0 amide bonds. The van der Waals surface area contributed by atoms with Crippen LogP contribution >= 0.6 is 15.9 Å². The largest absolute Gasteiger partial charge is 0.435 e. The van der Waals surface area contributed by atoms with E-state index in [9.17, 15) is 13.6 Å². The number of imidazole rings is 1. The average Bonchev–Trinajstić information content (AvgIpc) is 3.05. The number of rotatable bonds is 3. The van der Waals surface area contributed by atoms with Gasteiger partial charge in [-0.25, -0.2) is 4.98 Å². The second-order valence-corrected chi connectivity index (χ2v) is 6.43. The fourth-order valence-corrected chi connectivity index (χ4v) is 3.52. The van der Waals surface area contributed by atoms with E-state index in [1.807, 2.05) is 16.7 Å². The standard InChI is InChI=1S/C17H11BrF2N2O2/c18-9-5-6-14-21-15-12(23)7-11(16(15)22(14)8-9)10-3-1-2-4-13(10)24-17(19)20/h1-6,8,11,17H,7H2/t11-/m0/s1. The van der Waals surface area contributed by atoms with E-state index in [2.05, 4.69) is 25.7 Å². The monoisotopic (exact) mass is 392 g/mol.